The van der Waals surface area contributed by atoms with Crippen molar-refractivity contribution in [3.63, 3.8) is 0 Å². The van der Waals surface area contributed by atoms with Gasteiger partial charge in [0.1, 0.15) is 0 Å². The number of carbonyl (C=O) groups is 1. The molecule has 5 nitrogen and oxygen atoms in total. The van der Waals surface area contributed by atoms with E-state index in [4.69, 9.17) is 4.52 Å². The molecule has 144 valence electrons. The van der Waals surface area contributed by atoms with Crippen molar-refractivity contribution in [2.24, 2.45) is 7.05 Å². The number of nitrogens with zero attached hydrogens (tertiary/aromatic N) is 2. The Morgan fingerprint density at radius 3 is 2.41 bits per heavy atom. The minimum Gasteiger partial charge on any atom is -0.470 e. The molecule has 1 N–H and O–H groups in total. The fraction of sp³-hybridized carbons (Fsp3) is 0.217. The van der Waals surface area contributed by atoms with Gasteiger partial charge < -0.3 is 14.4 Å². The third-order valence-electron chi connectivity index (χ3n) is 4.25. The summed E-state index contributed by atoms with van der Waals surface area (Å²) in [6, 6.07) is 19.8. The number of anilines is 1. The third kappa shape index (κ3) is 6.14. The van der Waals surface area contributed by atoms with E-state index in [1.807, 2.05) is 54.2 Å². The molecule has 6 heteroatoms. The van der Waals surface area contributed by atoms with E-state index in [1.165, 1.54) is 0 Å². The topological polar surface area (TPSA) is 60.1 Å². The largest absolute Gasteiger partial charge is 1.00 e. The van der Waals surface area contributed by atoms with Crippen molar-refractivity contribution in [1.29, 1.82) is 0 Å². The van der Waals surface area contributed by atoms with Gasteiger partial charge in [0.25, 0.3) is 5.91 Å². The van der Waals surface area contributed by atoms with Crippen LogP contribution in [0.5, 0.6) is 0 Å². The summed E-state index contributed by atoms with van der Waals surface area (Å²) < 4.78 is 6.85. The number of para-hydroxylation sites is 1. The molecule has 0 bridgehead atoms. The van der Waals surface area contributed by atoms with Crippen LogP contribution in [-0.4, -0.2) is 15.6 Å². The van der Waals surface area contributed by atoms with Gasteiger partial charge in [0.2, 0.25) is 0 Å². The van der Waals surface area contributed by atoms with E-state index in [0.29, 0.717) is 5.56 Å². The molecule has 29 heavy (non-hydrogen) atoms. The van der Waals surface area contributed by atoms with Gasteiger partial charge in [0.15, 0.2) is 0 Å². The Labute approximate surface area is 213 Å². The molecule has 0 spiro atoms. The average molecular weight is 413 g/mol. The number of fused-ring (bicyclic) bond motifs is 1. The Bertz CT molecular complexity index is 1050. The number of benzene rings is 2. The zero-order chi connectivity index (χ0) is 20.1. The minimum atomic E-state index is -0.0944. The van der Waals surface area contributed by atoms with E-state index in [9.17, 15) is 4.79 Å². The summed E-state index contributed by atoms with van der Waals surface area (Å²) in [4.78, 5) is 12.3. The first kappa shape index (κ1) is 23.6. The van der Waals surface area contributed by atoms with Crippen LogP contribution in [0.4, 0.5) is 5.69 Å². The van der Waals surface area contributed by atoms with E-state index in [2.05, 4.69) is 43.5 Å². The maximum absolute atomic E-state index is 12.3. The van der Waals surface area contributed by atoms with Gasteiger partial charge in [-0.3, -0.25) is 4.79 Å². The maximum atomic E-state index is 12.3. The van der Waals surface area contributed by atoms with Crippen molar-refractivity contribution in [1.82, 2.24) is 9.72 Å². The predicted octanol–water partition coefficient (Wildman–Crippen LogP) is 2.01. The van der Waals surface area contributed by atoms with Gasteiger partial charge in [0, 0.05) is 24.1 Å². The van der Waals surface area contributed by atoms with Gasteiger partial charge in [-0.1, -0.05) is 44.7 Å². The quantitative estimate of drug-likeness (QED) is 0.405. The molecule has 0 aliphatic rings. The van der Waals surface area contributed by atoms with Crippen molar-refractivity contribution in [3.8, 4) is 0 Å². The number of hydrogen-bond acceptors (Lipinski definition) is 3. The molecule has 0 radical (unpaired) electrons. The predicted molar refractivity (Wildman–Crippen MR) is 110 cm³/mol. The SMILES string of the molecule is CC(C)(C)c1c[c-]no1.Cn1cc(C(=O)Nc2cc[c-]cc2)c2ccccc21.[K+]. The summed E-state index contributed by atoms with van der Waals surface area (Å²) in [6.07, 6.45) is 4.48. The van der Waals surface area contributed by atoms with Crippen molar-refractivity contribution >= 4 is 22.5 Å². The summed E-state index contributed by atoms with van der Waals surface area (Å²) >= 11 is 0. The van der Waals surface area contributed by atoms with E-state index in [1.54, 1.807) is 18.2 Å². The molecule has 0 atom stereocenters. The molecule has 0 unspecified atom stereocenters. The summed E-state index contributed by atoms with van der Waals surface area (Å²) in [5.41, 5.74) is 2.57. The molecule has 0 aliphatic carbocycles. The van der Waals surface area contributed by atoms with Crippen LogP contribution >= 0.6 is 0 Å². The van der Waals surface area contributed by atoms with Crippen LogP contribution in [0, 0.1) is 12.3 Å². The van der Waals surface area contributed by atoms with Crippen LogP contribution in [-0.2, 0) is 12.5 Å². The number of carbonyl (C=O) groups excluding carboxylic acids is 1. The van der Waals surface area contributed by atoms with E-state index >= 15 is 0 Å². The van der Waals surface area contributed by atoms with E-state index in [-0.39, 0.29) is 62.7 Å². The van der Waals surface area contributed by atoms with Crippen molar-refractivity contribution < 1.29 is 60.7 Å². The summed E-state index contributed by atoms with van der Waals surface area (Å²) in [5.74, 6) is 0.783. The fourth-order valence-electron chi connectivity index (χ4n) is 2.73. The van der Waals surface area contributed by atoms with Crippen LogP contribution < -0.4 is 56.7 Å². The van der Waals surface area contributed by atoms with Crippen LogP contribution in [0.25, 0.3) is 10.9 Å². The number of nitrogens with one attached hydrogen (secondary N) is 1. The van der Waals surface area contributed by atoms with Gasteiger partial charge in [-0.2, -0.15) is 24.3 Å². The Morgan fingerprint density at radius 1 is 1.14 bits per heavy atom. The molecule has 2 heterocycles. The molecule has 2 aromatic carbocycles. The van der Waals surface area contributed by atoms with Crippen LogP contribution in [0.2, 0.25) is 0 Å². The van der Waals surface area contributed by atoms with Crippen molar-refractivity contribution in [3.05, 3.63) is 84.4 Å². The van der Waals surface area contributed by atoms with E-state index in [0.717, 1.165) is 22.4 Å². The zero-order valence-electron chi connectivity index (χ0n) is 17.5. The van der Waals surface area contributed by atoms with Gasteiger partial charge in [-0.25, -0.2) is 5.16 Å². The molecule has 0 aliphatic heterocycles. The van der Waals surface area contributed by atoms with Crippen LogP contribution in [0.15, 0.2) is 65.3 Å². The fourth-order valence-corrected chi connectivity index (χ4v) is 2.73. The minimum absolute atomic E-state index is 0. The Balaban J connectivity index is 0.000000255. The summed E-state index contributed by atoms with van der Waals surface area (Å²) in [5, 5.41) is 7.34. The Morgan fingerprint density at radius 2 is 1.83 bits per heavy atom. The first-order valence-corrected chi connectivity index (χ1v) is 9.01. The van der Waals surface area contributed by atoms with Crippen molar-refractivity contribution in [2.45, 2.75) is 26.2 Å². The molecule has 1 amide bonds. The molecular weight excluding hydrogens is 389 g/mol. The average Bonchev–Trinajstić information content (AvgIpc) is 3.32. The Kier molecular flexibility index (Phi) is 8.42. The third-order valence-corrected chi connectivity index (χ3v) is 4.25. The number of aryl methyl sites for hydroxylation is 1. The van der Waals surface area contributed by atoms with E-state index < -0.39 is 0 Å². The standard InChI is InChI=1S/C16H13N2O.C7H10NO.K/c1-18-11-14(13-9-5-6-10-15(13)18)16(19)17-12-7-3-2-4-8-12;1-7(2,3)6-4-5-8-9-6;/h3-11H,1H3,(H,17,19);4H,1-3H3;/q2*-1;+1. The summed E-state index contributed by atoms with van der Waals surface area (Å²) in [7, 11) is 1.94. The first-order chi connectivity index (χ1) is 13.4. The number of amides is 1. The molecular formula is C23H23KN3O2-. The molecule has 4 rings (SSSR count). The molecule has 0 saturated carbocycles. The number of aromatic nitrogens is 2. The number of rotatable bonds is 2. The molecule has 0 saturated heterocycles. The summed E-state index contributed by atoms with van der Waals surface area (Å²) in [6.45, 7) is 6.21. The molecule has 0 fully saturated rings. The van der Waals surface area contributed by atoms with Gasteiger partial charge in [0.05, 0.1) is 5.56 Å². The van der Waals surface area contributed by atoms with Gasteiger partial charge >= 0.3 is 51.4 Å². The monoisotopic (exact) mass is 412 g/mol. The maximum Gasteiger partial charge on any atom is 1.00 e. The van der Waals surface area contributed by atoms with Crippen molar-refractivity contribution in [2.75, 3.05) is 5.32 Å². The van der Waals surface area contributed by atoms with Crippen LogP contribution in [0.3, 0.4) is 0 Å². The number of hydrogen-bond donors (Lipinski definition) is 1. The Hall–Kier alpha value is -1.70. The first-order valence-electron chi connectivity index (χ1n) is 9.01. The second-order valence-corrected chi connectivity index (χ2v) is 7.48. The van der Waals surface area contributed by atoms with Crippen LogP contribution in [0.1, 0.15) is 36.9 Å². The molecule has 4 aromatic rings. The normalized spacial score (nSPS) is 10.6. The van der Waals surface area contributed by atoms with Gasteiger partial charge in [-0.05, 0) is 17.2 Å². The molecule has 2 aromatic heterocycles. The second kappa shape index (κ2) is 10.4. The zero-order valence-corrected chi connectivity index (χ0v) is 20.6. The smallest absolute Gasteiger partial charge is 0.470 e. The van der Waals surface area contributed by atoms with Gasteiger partial charge in [-0.15, -0.1) is 18.3 Å². The second-order valence-electron chi connectivity index (χ2n) is 7.48.